The fourth-order valence-electron chi connectivity index (χ4n) is 2.94. The molecule has 15 nitrogen and oxygen atoms in total. The number of amides is 5. The molecule has 35 heavy (non-hydrogen) atoms. The van der Waals surface area contributed by atoms with Gasteiger partial charge in [-0.25, -0.2) is 4.79 Å². The zero-order valence-corrected chi connectivity index (χ0v) is 19.7. The highest BCUT2D eigenvalue weighted by molar-refractivity contribution is 5.94. The Labute approximate surface area is 202 Å². The molecule has 0 saturated carbocycles. The predicted octanol–water partition coefficient (Wildman–Crippen LogP) is -4.11. The van der Waals surface area contributed by atoms with E-state index >= 15 is 0 Å². The van der Waals surface area contributed by atoms with E-state index in [0.29, 0.717) is 25.8 Å². The predicted molar refractivity (Wildman–Crippen MR) is 123 cm³/mol. The average Bonchev–Trinajstić information content (AvgIpc) is 2.76. The van der Waals surface area contributed by atoms with Crippen molar-refractivity contribution in [3.8, 4) is 0 Å². The van der Waals surface area contributed by atoms with Crippen molar-refractivity contribution < 1.29 is 39.0 Å². The van der Waals surface area contributed by atoms with Crippen LogP contribution in [0.4, 0.5) is 0 Å². The van der Waals surface area contributed by atoms with Gasteiger partial charge in [0.05, 0.1) is 12.1 Å². The molecule has 0 heterocycles. The van der Waals surface area contributed by atoms with Crippen LogP contribution in [-0.2, 0) is 28.8 Å². The highest BCUT2D eigenvalue weighted by Crippen LogP contribution is 2.05. The van der Waals surface area contributed by atoms with Crippen molar-refractivity contribution in [2.45, 2.75) is 82.1 Å². The van der Waals surface area contributed by atoms with Gasteiger partial charge in [-0.2, -0.15) is 0 Å². The lowest BCUT2D eigenvalue weighted by atomic mass is 10.0. The second-order valence-corrected chi connectivity index (χ2v) is 8.09. The van der Waals surface area contributed by atoms with E-state index in [2.05, 4.69) is 16.0 Å². The number of aliphatic hydroxyl groups excluding tert-OH is 1. The molecule has 13 N–H and O–H groups in total. The lowest BCUT2D eigenvalue weighted by Gasteiger charge is -2.26. The van der Waals surface area contributed by atoms with E-state index in [1.54, 1.807) is 0 Å². The molecule has 0 aromatic carbocycles. The van der Waals surface area contributed by atoms with Gasteiger partial charge in [0.2, 0.25) is 29.5 Å². The summed E-state index contributed by atoms with van der Waals surface area (Å²) < 4.78 is 0. The number of carboxylic acid groups (broad SMARTS) is 1. The maximum atomic E-state index is 12.8. The van der Waals surface area contributed by atoms with E-state index in [4.69, 9.17) is 22.9 Å². The van der Waals surface area contributed by atoms with Crippen LogP contribution in [0.1, 0.15) is 51.9 Å². The van der Waals surface area contributed by atoms with E-state index in [-0.39, 0.29) is 25.7 Å². The molecule has 5 amide bonds. The quantitative estimate of drug-likeness (QED) is 0.0814. The van der Waals surface area contributed by atoms with Crippen molar-refractivity contribution in [1.29, 1.82) is 0 Å². The van der Waals surface area contributed by atoms with Gasteiger partial charge in [0.1, 0.15) is 18.1 Å². The number of primary amides is 2. The second-order valence-electron chi connectivity index (χ2n) is 8.09. The van der Waals surface area contributed by atoms with Crippen LogP contribution < -0.4 is 38.9 Å². The van der Waals surface area contributed by atoms with E-state index in [0.717, 1.165) is 0 Å². The Morgan fingerprint density at radius 3 is 1.74 bits per heavy atom. The molecular formula is C20H37N7O8. The molecule has 0 aromatic heterocycles. The molecule has 15 heteroatoms. The SMILES string of the molecule is CC(O)C(NC(=O)C(CCC(N)=O)NC(=O)C(N)CCCCN)C(=O)NC(CCC(N)=O)C(=O)O. The van der Waals surface area contributed by atoms with Gasteiger partial charge in [-0.1, -0.05) is 6.42 Å². The molecule has 0 fully saturated rings. The number of unbranched alkanes of at least 4 members (excludes halogenated alkanes) is 1. The van der Waals surface area contributed by atoms with Gasteiger partial charge in [-0.3, -0.25) is 24.0 Å². The normalized spacial score (nSPS) is 15.1. The largest absolute Gasteiger partial charge is 0.480 e. The summed E-state index contributed by atoms with van der Waals surface area (Å²) in [4.78, 5) is 71.3. The van der Waals surface area contributed by atoms with Crippen molar-refractivity contribution in [3.05, 3.63) is 0 Å². The zero-order chi connectivity index (χ0) is 27.1. The van der Waals surface area contributed by atoms with Crippen molar-refractivity contribution >= 4 is 35.5 Å². The molecule has 0 aliphatic heterocycles. The number of aliphatic carboxylic acids is 1. The number of nitrogens with two attached hydrogens (primary N) is 4. The molecule has 5 unspecified atom stereocenters. The molecule has 0 aliphatic carbocycles. The molecule has 5 atom stereocenters. The number of carboxylic acids is 1. The highest BCUT2D eigenvalue weighted by atomic mass is 16.4. The molecule has 0 saturated heterocycles. The van der Waals surface area contributed by atoms with Gasteiger partial charge < -0.3 is 49.1 Å². The number of rotatable bonds is 18. The van der Waals surface area contributed by atoms with Crippen LogP contribution in [0.2, 0.25) is 0 Å². The number of carbonyl (C=O) groups excluding carboxylic acids is 5. The molecule has 0 aliphatic rings. The number of hydrogen-bond donors (Lipinski definition) is 9. The minimum atomic E-state index is -1.62. The maximum absolute atomic E-state index is 12.8. The van der Waals surface area contributed by atoms with Gasteiger partial charge in [-0.15, -0.1) is 0 Å². The number of nitrogens with one attached hydrogen (secondary N) is 3. The third kappa shape index (κ3) is 13.2. The first kappa shape index (κ1) is 31.7. The Morgan fingerprint density at radius 1 is 0.771 bits per heavy atom. The minimum absolute atomic E-state index is 0.215. The Hall–Kier alpha value is -3.30. The van der Waals surface area contributed by atoms with Gasteiger partial charge in [0.15, 0.2) is 0 Å². The summed E-state index contributed by atoms with van der Waals surface area (Å²) in [6.07, 6.45) is -1.08. The van der Waals surface area contributed by atoms with Crippen LogP contribution in [0, 0.1) is 0 Å². The first-order valence-electron chi connectivity index (χ1n) is 11.1. The maximum Gasteiger partial charge on any atom is 0.326 e. The average molecular weight is 504 g/mol. The molecule has 0 spiro atoms. The van der Waals surface area contributed by atoms with Crippen LogP contribution >= 0.6 is 0 Å². The first-order chi connectivity index (χ1) is 16.3. The van der Waals surface area contributed by atoms with Crippen LogP contribution in [0.25, 0.3) is 0 Å². The molecule has 0 aromatic rings. The summed E-state index contributed by atoms with van der Waals surface area (Å²) in [6, 6.07) is -5.41. The number of carbonyl (C=O) groups is 6. The van der Waals surface area contributed by atoms with Crippen LogP contribution in [0.15, 0.2) is 0 Å². The number of aliphatic hydroxyl groups is 1. The van der Waals surface area contributed by atoms with Gasteiger partial charge in [0, 0.05) is 12.8 Å². The summed E-state index contributed by atoms with van der Waals surface area (Å²) in [7, 11) is 0. The molecule has 0 bridgehead atoms. The van der Waals surface area contributed by atoms with Gasteiger partial charge >= 0.3 is 5.97 Å². The van der Waals surface area contributed by atoms with Gasteiger partial charge in [0.25, 0.3) is 0 Å². The Balaban J connectivity index is 5.42. The van der Waals surface area contributed by atoms with Crippen molar-refractivity contribution in [2.24, 2.45) is 22.9 Å². The standard InChI is InChI=1S/C20H37N7O8/c1-10(28)16(19(33)26-13(20(34)35)6-8-15(24)30)27-18(32)12(5-7-14(23)29)25-17(31)11(22)4-2-3-9-21/h10-13,16,28H,2-9,21-22H2,1H3,(H2,23,29)(H2,24,30)(H,25,31)(H,26,33)(H,27,32)(H,34,35). The lowest BCUT2D eigenvalue weighted by molar-refractivity contribution is -0.143. The van der Waals surface area contributed by atoms with Crippen LogP contribution in [0.3, 0.4) is 0 Å². The summed E-state index contributed by atoms with van der Waals surface area (Å²) in [5, 5.41) is 26.0. The summed E-state index contributed by atoms with van der Waals surface area (Å²) >= 11 is 0. The third-order valence-corrected chi connectivity index (χ3v) is 4.98. The monoisotopic (exact) mass is 503 g/mol. The highest BCUT2D eigenvalue weighted by Gasteiger charge is 2.32. The fraction of sp³-hybridized carbons (Fsp3) is 0.700. The van der Waals surface area contributed by atoms with Crippen molar-refractivity contribution in [2.75, 3.05) is 6.54 Å². The molecule has 200 valence electrons. The van der Waals surface area contributed by atoms with Gasteiger partial charge in [-0.05, 0) is 39.2 Å². The van der Waals surface area contributed by atoms with Crippen LogP contribution in [0.5, 0.6) is 0 Å². The third-order valence-electron chi connectivity index (χ3n) is 4.98. The summed E-state index contributed by atoms with van der Waals surface area (Å²) in [6.45, 7) is 1.60. The van der Waals surface area contributed by atoms with Crippen molar-refractivity contribution in [1.82, 2.24) is 16.0 Å². The fourth-order valence-corrected chi connectivity index (χ4v) is 2.94. The number of hydrogen-bond acceptors (Lipinski definition) is 9. The molecule has 0 rings (SSSR count). The molecule has 0 radical (unpaired) electrons. The van der Waals surface area contributed by atoms with Crippen molar-refractivity contribution in [3.63, 3.8) is 0 Å². The summed E-state index contributed by atoms with van der Waals surface area (Å²) in [5.74, 6) is -5.64. The van der Waals surface area contributed by atoms with E-state index in [1.165, 1.54) is 6.92 Å². The van der Waals surface area contributed by atoms with E-state index in [9.17, 15) is 39.0 Å². The summed E-state index contributed by atoms with van der Waals surface area (Å²) in [5.41, 5.74) is 21.4. The zero-order valence-electron chi connectivity index (χ0n) is 19.7. The van der Waals surface area contributed by atoms with E-state index in [1.807, 2.05) is 0 Å². The smallest absolute Gasteiger partial charge is 0.326 e. The second kappa shape index (κ2) is 16.3. The Morgan fingerprint density at radius 2 is 1.29 bits per heavy atom. The van der Waals surface area contributed by atoms with E-state index < -0.39 is 65.8 Å². The Bertz CT molecular complexity index is 762. The lowest BCUT2D eigenvalue weighted by Crippen LogP contribution is -2.60. The Kier molecular flexibility index (Phi) is 14.8. The van der Waals surface area contributed by atoms with Crippen LogP contribution in [-0.4, -0.2) is 82.5 Å². The minimum Gasteiger partial charge on any atom is -0.480 e. The molecular weight excluding hydrogens is 466 g/mol. The topological polar surface area (TPSA) is 283 Å². The first-order valence-corrected chi connectivity index (χ1v) is 11.1.